The molecular weight excluding hydrogens is 306 g/mol. The van der Waals surface area contributed by atoms with Gasteiger partial charge in [0.2, 0.25) is 0 Å². The molecule has 1 unspecified atom stereocenters. The third-order valence-corrected chi connectivity index (χ3v) is 5.43. The van der Waals surface area contributed by atoms with Crippen LogP contribution >= 0.6 is 0 Å². The first-order chi connectivity index (χ1) is 12.3. The Kier molecular flexibility index (Phi) is 3.24. The van der Waals surface area contributed by atoms with Gasteiger partial charge in [-0.05, 0) is 29.4 Å². The van der Waals surface area contributed by atoms with Gasteiger partial charge in [-0.25, -0.2) is 0 Å². The van der Waals surface area contributed by atoms with Gasteiger partial charge in [-0.3, -0.25) is 4.79 Å². The number of carbonyl (C=O) groups excluding carboxylic acids is 1. The van der Waals surface area contributed by atoms with Crippen LogP contribution in [0.15, 0.2) is 78.0 Å². The van der Waals surface area contributed by atoms with Crippen molar-refractivity contribution in [2.24, 2.45) is 0 Å². The van der Waals surface area contributed by atoms with Gasteiger partial charge in [0.15, 0.2) is 5.78 Å². The van der Waals surface area contributed by atoms with Crippen LogP contribution in [0.5, 0.6) is 0 Å². The van der Waals surface area contributed by atoms with Crippen molar-refractivity contribution < 1.29 is 4.79 Å². The molecule has 1 aliphatic heterocycles. The molecule has 1 N–H and O–H groups in total. The highest BCUT2D eigenvalue weighted by Gasteiger charge is 2.35. The molecule has 0 radical (unpaired) electrons. The first-order valence-corrected chi connectivity index (χ1v) is 8.93. The Hall–Kier alpha value is -2.87. The van der Waals surface area contributed by atoms with Crippen molar-refractivity contribution in [1.29, 1.82) is 0 Å². The van der Waals surface area contributed by atoms with Crippen LogP contribution in [0.4, 0.5) is 5.69 Å². The van der Waals surface area contributed by atoms with Gasteiger partial charge < -0.3 is 5.32 Å². The summed E-state index contributed by atoms with van der Waals surface area (Å²) in [6, 6.07) is 23.3. The first-order valence-electron chi connectivity index (χ1n) is 8.93. The molecule has 0 saturated heterocycles. The summed E-state index contributed by atoms with van der Waals surface area (Å²) >= 11 is 0. The third-order valence-electron chi connectivity index (χ3n) is 5.43. The van der Waals surface area contributed by atoms with E-state index >= 15 is 0 Å². The number of anilines is 1. The lowest BCUT2D eigenvalue weighted by Gasteiger charge is -2.34. The topological polar surface area (TPSA) is 29.1 Å². The molecule has 1 atom stereocenters. The van der Waals surface area contributed by atoms with Crippen molar-refractivity contribution in [2.45, 2.75) is 25.2 Å². The number of benzene rings is 3. The molecule has 1 aliphatic carbocycles. The normalized spacial score (nSPS) is 19.4. The van der Waals surface area contributed by atoms with Crippen molar-refractivity contribution >= 4 is 22.2 Å². The Balaban J connectivity index is 1.81. The highest BCUT2D eigenvalue weighted by atomic mass is 16.1. The predicted octanol–water partition coefficient (Wildman–Crippen LogP) is 5.40. The minimum absolute atomic E-state index is 0.0323. The number of fused-ring (bicyclic) bond motifs is 3. The van der Waals surface area contributed by atoms with Gasteiger partial charge in [0.25, 0.3) is 0 Å². The number of hydrogen-bond donors (Lipinski definition) is 1. The molecule has 5 rings (SSSR count). The quantitative estimate of drug-likeness (QED) is 0.648. The van der Waals surface area contributed by atoms with Crippen LogP contribution < -0.4 is 5.32 Å². The van der Waals surface area contributed by atoms with Crippen molar-refractivity contribution in [3.8, 4) is 0 Å². The number of hydrogen-bond acceptors (Lipinski definition) is 2. The molecular formula is C23H19NO. The fourth-order valence-electron chi connectivity index (χ4n) is 4.29. The van der Waals surface area contributed by atoms with Crippen LogP contribution in [0.2, 0.25) is 0 Å². The van der Waals surface area contributed by atoms with Crippen LogP contribution in [-0.2, 0) is 4.79 Å². The number of allylic oxidation sites excluding steroid dienone is 2. The Labute approximate surface area is 147 Å². The minimum atomic E-state index is 0.0323. The van der Waals surface area contributed by atoms with Crippen molar-refractivity contribution in [3.05, 3.63) is 89.1 Å². The maximum atomic E-state index is 12.8. The van der Waals surface area contributed by atoms with E-state index in [1.165, 1.54) is 27.6 Å². The average molecular weight is 325 g/mol. The molecule has 0 amide bonds. The van der Waals surface area contributed by atoms with Crippen LogP contribution in [0, 0.1) is 0 Å². The lowest BCUT2D eigenvalue weighted by atomic mass is 9.75. The second-order valence-corrected chi connectivity index (χ2v) is 6.89. The number of nitrogens with one attached hydrogen (secondary N) is 1. The molecule has 3 aromatic rings. The van der Waals surface area contributed by atoms with Crippen molar-refractivity contribution in [2.75, 3.05) is 5.32 Å². The van der Waals surface area contributed by atoms with Gasteiger partial charge in [-0.15, -0.1) is 0 Å². The van der Waals surface area contributed by atoms with E-state index in [2.05, 4.69) is 66.0 Å². The van der Waals surface area contributed by atoms with Gasteiger partial charge in [0, 0.05) is 29.0 Å². The van der Waals surface area contributed by atoms with E-state index < -0.39 is 0 Å². The summed E-state index contributed by atoms with van der Waals surface area (Å²) in [4.78, 5) is 12.8. The molecule has 0 bridgehead atoms. The molecule has 2 nitrogen and oxygen atoms in total. The van der Waals surface area contributed by atoms with Crippen LogP contribution in [0.3, 0.4) is 0 Å². The summed E-state index contributed by atoms with van der Waals surface area (Å²) in [6.45, 7) is 0. The lowest BCUT2D eigenvalue weighted by molar-refractivity contribution is -0.116. The second-order valence-electron chi connectivity index (χ2n) is 6.89. The molecule has 25 heavy (non-hydrogen) atoms. The number of Topliss-reactive ketones (excluding diaryl/α,β-unsaturated/α-hetero) is 1. The summed E-state index contributed by atoms with van der Waals surface area (Å²) in [7, 11) is 0. The van der Waals surface area contributed by atoms with Crippen molar-refractivity contribution in [3.63, 3.8) is 0 Å². The maximum Gasteiger partial charge on any atom is 0.161 e. The van der Waals surface area contributed by atoms with Gasteiger partial charge in [0.1, 0.15) is 0 Å². The van der Waals surface area contributed by atoms with E-state index in [1.807, 2.05) is 6.07 Å². The van der Waals surface area contributed by atoms with E-state index in [4.69, 9.17) is 0 Å². The summed E-state index contributed by atoms with van der Waals surface area (Å²) in [6.07, 6.45) is 2.55. The Morgan fingerprint density at radius 3 is 2.52 bits per heavy atom. The zero-order valence-corrected chi connectivity index (χ0v) is 14.0. The highest BCUT2D eigenvalue weighted by molar-refractivity contribution is 6.04. The Morgan fingerprint density at radius 2 is 1.64 bits per heavy atom. The highest BCUT2D eigenvalue weighted by Crippen LogP contribution is 2.47. The molecule has 1 heterocycles. The Bertz CT molecular complexity index is 1020. The number of rotatable bonds is 1. The second kappa shape index (κ2) is 5.59. The first kappa shape index (κ1) is 14.5. The van der Waals surface area contributed by atoms with Gasteiger partial charge >= 0.3 is 0 Å². The van der Waals surface area contributed by atoms with Gasteiger partial charge in [-0.1, -0.05) is 66.7 Å². The van der Waals surface area contributed by atoms with E-state index in [0.29, 0.717) is 12.2 Å². The van der Waals surface area contributed by atoms with E-state index in [9.17, 15) is 4.79 Å². The fraction of sp³-hybridized carbons (Fsp3) is 0.174. The van der Waals surface area contributed by atoms with Gasteiger partial charge in [0.05, 0.1) is 5.69 Å². The summed E-state index contributed by atoms with van der Waals surface area (Å²) in [5.41, 5.74) is 5.66. The van der Waals surface area contributed by atoms with Gasteiger partial charge in [-0.2, -0.15) is 0 Å². The Morgan fingerprint density at radius 1 is 0.840 bits per heavy atom. The largest absolute Gasteiger partial charge is 0.358 e. The predicted molar refractivity (Wildman–Crippen MR) is 102 cm³/mol. The van der Waals surface area contributed by atoms with E-state index in [1.54, 1.807) is 0 Å². The molecule has 2 heteroatoms. The van der Waals surface area contributed by atoms with E-state index in [0.717, 1.165) is 24.1 Å². The molecule has 2 aliphatic rings. The average Bonchev–Trinajstić information content (AvgIpc) is 2.67. The monoisotopic (exact) mass is 325 g/mol. The van der Waals surface area contributed by atoms with Crippen LogP contribution in [0.25, 0.3) is 10.8 Å². The molecule has 122 valence electrons. The zero-order chi connectivity index (χ0) is 16.8. The summed E-state index contributed by atoms with van der Waals surface area (Å²) < 4.78 is 0. The molecule has 0 aromatic heterocycles. The smallest absolute Gasteiger partial charge is 0.161 e. The molecule has 3 aromatic carbocycles. The van der Waals surface area contributed by atoms with E-state index in [-0.39, 0.29) is 5.92 Å². The number of carbonyl (C=O) groups is 1. The summed E-state index contributed by atoms with van der Waals surface area (Å²) in [5, 5.41) is 6.09. The lowest BCUT2D eigenvalue weighted by Crippen LogP contribution is -2.27. The molecule has 0 saturated carbocycles. The van der Waals surface area contributed by atoms with Crippen LogP contribution in [0.1, 0.15) is 36.3 Å². The summed E-state index contributed by atoms with van der Waals surface area (Å²) in [5.74, 6) is 0.325. The van der Waals surface area contributed by atoms with Crippen LogP contribution in [-0.4, -0.2) is 5.78 Å². The molecule has 0 spiro atoms. The zero-order valence-electron chi connectivity index (χ0n) is 14.0. The van der Waals surface area contributed by atoms with Crippen molar-refractivity contribution in [1.82, 2.24) is 0 Å². The molecule has 0 fully saturated rings. The third kappa shape index (κ3) is 2.21. The maximum absolute atomic E-state index is 12.8. The SMILES string of the molecule is O=C1CCCC2=C1C(c1ccccc1)c1ccc3ccccc3c1N2. The standard InChI is InChI=1S/C23H19NO/c25-20-12-6-11-19-22(20)21(16-8-2-1-3-9-16)18-14-13-15-7-4-5-10-17(15)23(18)24-19/h1-5,7-10,13-14,21,24H,6,11-12H2. The minimum Gasteiger partial charge on any atom is -0.358 e. The fourth-order valence-corrected chi connectivity index (χ4v) is 4.29. The number of ketones is 1.